The van der Waals surface area contributed by atoms with Gasteiger partial charge >= 0.3 is 16.5 Å². The van der Waals surface area contributed by atoms with E-state index in [-0.39, 0.29) is 37.3 Å². The van der Waals surface area contributed by atoms with E-state index in [9.17, 15) is 0 Å². The Morgan fingerprint density at radius 3 is 0.778 bits per heavy atom. The van der Waals surface area contributed by atoms with Gasteiger partial charge in [-0.25, -0.2) is 0 Å². The molecule has 0 heterocycles. The Bertz CT molecular complexity index is 69.1. The van der Waals surface area contributed by atoms with Crippen LogP contribution < -0.4 is 0 Å². The fourth-order valence-corrected chi connectivity index (χ4v) is 0. The van der Waals surface area contributed by atoms with Crippen LogP contribution >= 0.6 is 16.5 Å². The van der Waals surface area contributed by atoms with Crippen LogP contribution in [0.4, 0.5) is 0 Å². The van der Waals surface area contributed by atoms with Crippen LogP contribution in [-0.4, -0.2) is 19.6 Å². The summed E-state index contributed by atoms with van der Waals surface area (Å²) in [6, 6.07) is 0. The van der Waals surface area contributed by atoms with Crippen LogP contribution in [0.15, 0.2) is 0 Å². The van der Waals surface area contributed by atoms with Crippen LogP contribution in [0.3, 0.4) is 0 Å². The first-order valence-corrected chi connectivity index (χ1v) is 3.91. The van der Waals surface area contributed by atoms with Gasteiger partial charge in [0.2, 0.25) is 0 Å². The standard InChI is InChI=1S/Er.2H3O3P/c;2*1-4(2)3/h;2*4H,(H2,1,2,3). The van der Waals surface area contributed by atoms with Crippen LogP contribution in [0.2, 0.25) is 0 Å². The first-order valence-electron chi connectivity index (χ1n) is 1.30. The van der Waals surface area contributed by atoms with E-state index in [2.05, 4.69) is 0 Å². The zero-order chi connectivity index (χ0) is 7.15. The second-order valence-electron chi connectivity index (χ2n) is 0.565. The maximum Gasteiger partial charge on any atom is 0.314 e. The summed E-state index contributed by atoms with van der Waals surface area (Å²) in [4.78, 5) is 28.6. The molecule has 64 valence electrons. The van der Waals surface area contributed by atoms with Crippen molar-refractivity contribution in [1.82, 2.24) is 0 Å². The molecule has 0 unspecified atom stereocenters. The molecular weight excluding hydrogens is 325 g/mol. The van der Waals surface area contributed by atoms with Crippen molar-refractivity contribution in [2.75, 3.05) is 0 Å². The quantitative estimate of drug-likeness (QED) is 0.411. The molecule has 9 heteroatoms. The van der Waals surface area contributed by atoms with Crippen LogP contribution in [0.5, 0.6) is 0 Å². The number of hydrogen-bond acceptors (Lipinski definition) is 2. The minimum atomic E-state index is -3.13. The summed E-state index contributed by atoms with van der Waals surface area (Å²) < 4.78 is 17.5. The molecule has 0 aliphatic rings. The monoisotopic (exact) mass is 330 g/mol. The van der Waals surface area contributed by atoms with Crippen LogP contribution in [0, 0.1) is 37.3 Å². The van der Waals surface area contributed by atoms with Crippen LogP contribution in [-0.2, 0) is 9.13 Å². The average molecular weight is 331 g/mol. The molecule has 0 atom stereocenters. The van der Waals surface area contributed by atoms with Crippen molar-refractivity contribution >= 4 is 16.5 Å². The molecule has 0 fully saturated rings. The van der Waals surface area contributed by atoms with Crippen LogP contribution in [0.25, 0.3) is 0 Å². The number of rotatable bonds is 0. The Kier molecular flexibility index (Phi) is 23.0. The minimum Gasteiger partial charge on any atom is -0.326 e. The third-order valence-corrected chi connectivity index (χ3v) is 0. The summed E-state index contributed by atoms with van der Waals surface area (Å²) in [5, 5.41) is 0. The second-order valence-corrected chi connectivity index (χ2v) is 1.70. The van der Waals surface area contributed by atoms with E-state index in [1.165, 1.54) is 0 Å². The summed E-state index contributed by atoms with van der Waals surface area (Å²) >= 11 is 0. The Morgan fingerprint density at radius 1 is 0.778 bits per heavy atom. The van der Waals surface area contributed by atoms with Gasteiger partial charge in [-0.05, 0) is 0 Å². The largest absolute Gasteiger partial charge is 0.326 e. The fourth-order valence-electron chi connectivity index (χ4n) is 0. The van der Waals surface area contributed by atoms with E-state index >= 15 is 0 Å². The van der Waals surface area contributed by atoms with Gasteiger partial charge < -0.3 is 19.6 Å². The molecule has 4 N–H and O–H groups in total. The van der Waals surface area contributed by atoms with Crippen LogP contribution in [0.1, 0.15) is 0 Å². The summed E-state index contributed by atoms with van der Waals surface area (Å²) in [5.41, 5.74) is 0. The molecule has 0 amide bonds. The van der Waals surface area contributed by atoms with Gasteiger partial charge in [0.15, 0.2) is 0 Å². The molecule has 0 bridgehead atoms. The summed E-state index contributed by atoms with van der Waals surface area (Å²) in [6.07, 6.45) is 0. The van der Waals surface area contributed by atoms with Crippen molar-refractivity contribution in [3.05, 3.63) is 0 Å². The fraction of sp³-hybridized carbons (Fsp3) is 0. The van der Waals surface area contributed by atoms with Crippen molar-refractivity contribution in [2.24, 2.45) is 0 Å². The molecule has 6 nitrogen and oxygen atoms in total. The molecule has 0 aromatic heterocycles. The van der Waals surface area contributed by atoms with E-state index in [0.717, 1.165) is 0 Å². The summed E-state index contributed by atoms with van der Waals surface area (Å²) in [7, 11) is -6.26. The average Bonchev–Trinajstić information content (AvgIpc) is 1.25. The van der Waals surface area contributed by atoms with Crippen molar-refractivity contribution in [3.8, 4) is 0 Å². The maximum absolute atomic E-state index is 8.74. The van der Waals surface area contributed by atoms with Gasteiger partial charge in [-0.15, -0.1) is 0 Å². The Hall–Kier alpha value is 1.55. The molecule has 9 heavy (non-hydrogen) atoms. The molecular formula is H6ErO6P2. The smallest absolute Gasteiger partial charge is 0.314 e. The third-order valence-electron chi connectivity index (χ3n) is 0. The van der Waals surface area contributed by atoms with E-state index < -0.39 is 16.5 Å². The Morgan fingerprint density at radius 2 is 0.778 bits per heavy atom. The first kappa shape index (κ1) is 16.9. The van der Waals surface area contributed by atoms with Gasteiger partial charge in [-0.3, -0.25) is 9.13 Å². The van der Waals surface area contributed by atoms with Gasteiger partial charge in [0.1, 0.15) is 0 Å². The zero-order valence-corrected chi connectivity index (χ0v) is 7.75. The third kappa shape index (κ3) is 227. The van der Waals surface area contributed by atoms with E-state index in [1.54, 1.807) is 0 Å². The molecule has 0 spiro atoms. The molecule has 0 aromatic rings. The van der Waals surface area contributed by atoms with Gasteiger partial charge in [0.05, 0.1) is 0 Å². The first-order chi connectivity index (χ1) is 3.46. The summed E-state index contributed by atoms with van der Waals surface area (Å²) in [6.45, 7) is 0. The van der Waals surface area contributed by atoms with Crippen molar-refractivity contribution in [3.63, 3.8) is 0 Å². The Balaban J connectivity index is -0.0000000720. The molecule has 0 saturated heterocycles. The predicted octanol–water partition coefficient (Wildman–Crippen LogP) is -1.28. The van der Waals surface area contributed by atoms with E-state index in [0.29, 0.717) is 0 Å². The van der Waals surface area contributed by atoms with Gasteiger partial charge in [0.25, 0.3) is 0 Å². The van der Waals surface area contributed by atoms with E-state index in [1.807, 2.05) is 0 Å². The van der Waals surface area contributed by atoms with Crippen molar-refractivity contribution in [1.29, 1.82) is 0 Å². The van der Waals surface area contributed by atoms with Gasteiger partial charge in [0, 0.05) is 37.3 Å². The summed E-state index contributed by atoms with van der Waals surface area (Å²) in [5.74, 6) is 0. The SMILES string of the molecule is O=[PH](O)O.O=[PH](O)O.[Er]. The number of hydrogen-bond donors (Lipinski definition) is 4. The van der Waals surface area contributed by atoms with E-state index in [4.69, 9.17) is 28.7 Å². The van der Waals surface area contributed by atoms with Gasteiger partial charge in [-0.1, -0.05) is 0 Å². The molecule has 0 aromatic carbocycles. The topological polar surface area (TPSA) is 115 Å². The molecule has 0 aliphatic carbocycles. The second kappa shape index (κ2) is 12.2. The molecule has 0 radical (unpaired) electrons. The van der Waals surface area contributed by atoms with Gasteiger partial charge in [-0.2, -0.15) is 0 Å². The Labute approximate surface area is 82.0 Å². The van der Waals surface area contributed by atoms with Crippen molar-refractivity contribution in [2.45, 2.75) is 0 Å². The van der Waals surface area contributed by atoms with Crippen molar-refractivity contribution < 1.29 is 66.0 Å². The maximum atomic E-state index is 8.74. The molecule has 0 aliphatic heterocycles. The molecule has 0 saturated carbocycles. The molecule has 0 rings (SSSR count). The predicted molar refractivity (Wildman–Crippen MR) is 26.9 cm³/mol. The zero-order valence-electron chi connectivity index (χ0n) is 3.89. The normalized spacial score (nSPS) is 7.78. The minimum absolute atomic E-state index is 0.